The zero-order valence-corrected chi connectivity index (χ0v) is 10.9. The van der Waals surface area contributed by atoms with E-state index in [-0.39, 0.29) is 5.92 Å². The minimum Gasteiger partial charge on any atom is -0.383 e. The number of hydrogen-bond acceptors (Lipinski definition) is 2. The van der Waals surface area contributed by atoms with E-state index < -0.39 is 0 Å². The highest BCUT2D eigenvalue weighted by molar-refractivity contribution is 5.79. The maximum atomic E-state index is 12.3. The molecule has 0 aromatic carbocycles. The first-order chi connectivity index (χ1) is 7.65. The molecule has 1 fully saturated rings. The van der Waals surface area contributed by atoms with E-state index in [2.05, 4.69) is 13.8 Å². The Balaban J connectivity index is 2.48. The maximum absolute atomic E-state index is 12.3. The van der Waals surface area contributed by atoms with E-state index in [1.54, 1.807) is 7.11 Å². The van der Waals surface area contributed by atoms with Crippen LogP contribution in [-0.2, 0) is 9.53 Å². The van der Waals surface area contributed by atoms with E-state index in [1.165, 1.54) is 12.8 Å². The number of carbonyl (C=O) groups excluding carboxylic acids is 1. The smallest absolute Gasteiger partial charge is 0.225 e. The number of carbonyl (C=O) groups is 1. The van der Waals surface area contributed by atoms with E-state index in [0.29, 0.717) is 18.4 Å². The first-order valence-corrected chi connectivity index (χ1v) is 6.43. The average Bonchev–Trinajstić information content (AvgIpc) is 2.76. The third-order valence-corrected chi connectivity index (χ3v) is 3.17. The van der Waals surface area contributed by atoms with Gasteiger partial charge in [-0.05, 0) is 18.8 Å². The highest BCUT2D eigenvalue weighted by Crippen LogP contribution is 2.26. The van der Waals surface area contributed by atoms with Gasteiger partial charge in [0.2, 0.25) is 5.91 Å². The van der Waals surface area contributed by atoms with Crippen molar-refractivity contribution in [2.24, 2.45) is 11.8 Å². The van der Waals surface area contributed by atoms with Crippen LogP contribution in [-0.4, -0.2) is 37.6 Å². The average molecular weight is 227 g/mol. The SMILES string of the molecule is COCCN(CC(C)C)C(=O)C1CCCC1. The second-order valence-corrected chi connectivity index (χ2v) is 5.15. The Morgan fingerprint density at radius 3 is 2.50 bits per heavy atom. The van der Waals surface area contributed by atoms with Gasteiger partial charge in [0.05, 0.1) is 6.61 Å². The summed E-state index contributed by atoms with van der Waals surface area (Å²) in [6.07, 6.45) is 4.60. The van der Waals surface area contributed by atoms with Crippen LogP contribution in [0.3, 0.4) is 0 Å². The lowest BCUT2D eigenvalue weighted by atomic mass is 10.1. The fourth-order valence-electron chi connectivity index (χ4n) is 2.36. The maximum Gasteiger partial charge on any atom is 0.225 e. The molecule has 0 atom stereocenters. The monoisotopic (exact) mass is 227 g/mol. The third kappa shape index (κ3) is 4.12. The van der Waals surface area contributed by atoms with Crippen LogP contribution in [0.25, 0.3) is 0 Å². The van der Waals surface area contributed by atoms with E-state index in [0.717, 1.165) is 25.9 Å². The van der Waals surface area contributed by atoms with Crippen LogP contribution >= 0.6 is 0 Å². The number of ether oxygens (including phenoxy) is 1. The largest absolute Gasteiger partial charge is 0.383 e. The van der Waals surface area contributed by atoms with Crippen molar-refractivity contribution in [3.63, 3.8) is 0 Å². The standard InChI is InChI=1S/C13H25NO2/c1-11(2)10-14(8-9-16-3)13(15)12-6-4-5-7-12/h11-12H,4-10H2,1-3H3. The molecule has 0 N–H and O–H groups in total. The lowest BCUT2D eigenvalue weighted by Gasteiger charge is -2.27. The highest BCUT2D eigenvalue weighted by Gasteiger charge is 2.27. The summed E-state index contributed by atoms with van der Waals surface area (Å²) in [4.78, 5) is 14.2. The number of hydrogen-bond donors (Lipinski definition) is 0. The Hall–Kier alpha value is -0.570. The van der Waals surface area contributed by atoms with E-state index in [4.69, 9.17) is 4.74 Å². The molecule has 16 heavy (non-hydrogen) atoms. The second kappa shape index (κ2) is 6.89. The van der Waals surface area contributed by atoms with Gasteiger partial charge in [0.1, 0.15) is 0 Å². The molecule has 0 aliphatic heterocycles. The Morgan fingerprint density at radius 2 is 2.00 bits per heavy atom. The van der Waals surface area contributed by atoms with Gasteiger partial charge in [-0.15, -0.1) is 0 Å². The molecule has 1 saturated carbocycles. The van der Waals surface area contributed by atoms with Gasteiger partial charge in [0.25, 0.3) is 0 Å². The highest BCUT2D eigenvalue weighted by atomic mass is 16.5. The van der Waals surface area contributed by atoms with Crippen LogP contribution in [0.4, 0.5) is 0 Å². The fourth-order valence-corrected chi connectivity index (χ4v) is 2.36. The molecule has 0 bridgehead atoms. The Labute approximate surface area is 99.1 Å². The first kappa shape index (κ1) is 13.5. The van der Waals surface area contributed by atoms with Gasteiger partial charge >= 0.3 is 0 Å². The summed E-state index contributed by atoms with van der Waals surface area (Å²) < 4.78 is 5.07. The normalized spacial score (nSPS) is 17.0. The predicted molar refractivity (Wildman–Crippen MR) is 65.3 cm³/mol. The minimum absolute atomic E-state index is 0.288. The van der Waals surface area contributed by atoms with Gasteiger partial charge in [0.15, 0.2) is 0 Å². The van der Waals surface area contributed by atoms with Crippen LogP contribution < -0.4 is 0 Å². The van der Waals surface area contributed by atoms with Crippen molar-refractivity contribution in [2.75, 3.05) is 26.8 Å². The van der Waals surface area contributed by atoms with Crippen molar-refractivity contribution in [1.29, 1.82) is 0 Å². The molecule has 0 aromatic rings. The second-order valence-electron chi connectivity index (χ2n) is 5.15. The molecule has 0 spiro atoms. The molecule has 1 aliphatic carbocycles. The summed E-state index contributed by atoms with van der Waals surface area (Å²) in [6, 6.07) is 0. The molecule has 1 amide bonds. The van der Waals surface area contributed by atoms with Crippen molar-refractivity contribution in [1.82, 2.24) is 4.90 Å². The lowest BCUT2D eigenvalue weighted by molar-refractivity contribution is -0.136. The molecule has 0 unspecified atom stereocenters. The van der Waals surface area contributed by atoms with E-state index in [1.807, 2.05) is 4.90 Å². The van der Waals surface area contributed by atoms with Crippen molar-refractivity contribution < 1.29 is 9.53 Å². The van der Waals surface area contributed by atoms with Crippen molar-refractivity contribution in [3.05, 3.63) is 0 Å². The van der Waals surface area contributed by atoms with Crippen molar-refractivity contribution in [3.8, 4) is 0 Å². The van der Waals surface area contributed by atoms with Crippen LogP contribution in [0, 0.1) is 11.8 Å². The van der Waals surface area contributed by atoms with Crippen LogP contribution in [0.15, 0.2) is 0 Å². The molecular formula is C13H25NO2. The number of amides is 1. The molecule has 3 nitrogen and oxygen atoms in total. The number of rotatable bonds is 6. The Bertz CT molecular complexity index is 210. The van der Waals surface area contributed by atoms with E-state index in [9.17, 15) is 4.79 Å². The van der Waals surface area contributed by atoms with Gasteiger partial charge in [-0.3, -0.25) is 4.79 Å². The molecule has 0 saturated heterocycles. The summed E-state index contributed by atoms with van der Waals surface area (Å²) in [5, 5.41) is 0. The summed E-state index contributed by atoms with van der Waals surface area (Å²) in [5.41, 5.74) is 0. The fraction of sp³-hybridized carbons (Fsp3) is 0.923. The quantitative estimate of drug-likeness (QED) is 0.697. The van der Waals surface area contributed by atoms with Gasteiger partial charge in [-0.25, -0.2) is 0 Å². The third-order valence-electron chi connectivity index (χ3n) is 3.17. The van der Waals surface area contributed by atoms with Crippen LogP contribution in [0.1, 0.15) is 39.5 Å². The zero-order chi connectivity index (χ0) is 12.0. The Morgan fingerprint density at radius 1 is 1.38 bits per heavy atom. The van der Waals surface area contributed by atoms with Gasteiger partial charge in [-0.1, -0.05) is 26.7 Å². The van der Waals surface area contributed by atoms with Crippen molar-refractivity contribution in [2.45, 2.75) is 39.5 Å². The van der Waals surface area contributed by atoms with E-state index >= 15 is 0 Å². The minimum atomic E-state index is 0.288. The van der Waals surface area contributed by atoms with Crippen LogP contribution in [0.5, 0.6) is 0 Å². The molecule has 1 aliphatic rings. The summed E-state index contributed by atoms with van der Waals surface area (Å²) in [6.45, 7) is 6.55. The van der Waals surface area contributed by atoms with Crippen LogP contribution in [0.2, 0.25) is 0 Å². The predicted octanol–water partition coefficient (Wildman–Crippen LogP) is 2.31. The zero-order valence-electron chi connectivity index (χ0n) is 10.9. The molecular weight excluding hydrogens is 202 g/mol. The molecule has 0 heterocycles. The topological polar surface area (TPSA) is 29.5 Å². The van der Waals surface area contributed by atoms with Gasteiger partial charge < -0.3 is 9.64 Å². The molecule has 0 radical (unpaired) electrons. The van der Waals surface area contributed by atoms with Crippen molar-refractivity contribution >= 4 is 5.91 Å². The molecule has 0 aromatic heterocycles. The summed E-state index contributed by atoms with van der Waals surface area (Å²) in [5.74, 6) is 1.17. The molecule has 94 valence electrons. The Kier molecular flexibility index (Phi) is 5.81. The van der Waals surface area contributed by atoms with Gasteiger partial charge in [0, 0.05) is 26.1 Å². The number of methoxy groups -OCH3 is 1. The molecule has 1 rings (SSSR count). The lowest BCUT2D eigenvalue weighted by Crippen LogP contribution is -2.39. The number of nitrogens with zero attached hydrogens (tertiary/aromatic N) is 1. The first-order valence-electron chi connectivity index (χ1n) is 6.43. The summed E-state index contributed by atoms with van der Waals surface area (Å²) in [7, 11) is 1.69. The molecule has 3 heteroatoms. The van der Waals surface area contributed by atoms with Gasteiger partial charge in [-0.2, -0.15) is 0 Å². The summed E-state index contributed by atoms with van der Waals surface area (Å²) >= 11 is 0.